The first-order valence-corrected chi connectivity index (χ1v) is 6.19. The first-order chi connectivity index (χ1) is 8.84. The SMILES string of the molecule is O=C(c1nn[nH]n1)N1CCC(N2CCOCC2)C1. The van der Waals surface area contributed by atoms with Crippen molar-refractivity contribution in [2.24, 2.45) is 0 Å². The summed E-state index contributed by atoms with van der Waals surface area (Å²) in [5.41, 5.74) is 0. The van der Waals surface area contributed by atoms with E-state index in [0.29, 0.717) is 6.04 Å². The second-order valence-electron chi connectivity index (χ2n) is 4.58. The summed E-state index contributed by atoms with van der Waals surface area (Å²) in [5.74, 6) is 0.0112. The molecule has 98 valence electrons. The lowest BCUT2D eigenvalue weighted by molar-refractivity contribution is 0.0184. The number of aromatic nitrogens is 4. The van der Waals surface area contributed by atoms with Gasteiger partial charge < -0.3 is 9.64 Å². The number of rotatable bonds is 2. The molecule has 1 aromatic heterocycles. The molecule has 2 saturated heterocycles. The van der Waals surface area contributed by atoms with Gasteiger partial charge in [-0.2, -0.15) is 5.21 Å². The molecule has 1 aromatic rings. The number of ether oxygens (including phenoxy) is 1. The largest absolute Gasteiger partial charge is 0.379 e. The Bertz CT molecular complexity index is 403. The number of likely N-dealkylation sites (tertiary alicyclic amines) is 1. The molecular formula is C10H16N6O2. The van der Waals surface area contributed by atoms with Crippen molar-refractivity contribution in [3.8, 4) is 0 Å². The third-order valence-corrected chi connectivity index (χ3v) is 3.55. The molecule has 1 amide bonds. The number of carbonyl (C=O) groups is 1. The van der Waals surface area contributed by atoms with Crippen LogP contribution >= 0.6 is 0 Å². The molecule has 1 N–H and O–H groups in total. The molecule has 0 radical (unpaired) electrons. The predicted molar refractivity (Wildman–Crippen MR) is 60.9 cm³/mol. The van der Waals surface area contributed by atoms with Crippen LogP contribution in [0.5, 0.6) is 0 Å². The van der Waals surface area contributed by atoms with Crippen LogP contribution in [-0.4, -0.2) is 81.8 Å². The third kappa shape index (κ3) is 2.21. The van der Waals surface area contributed by atoms with Crippen LogP contribution in [0.1, 0.15) is 17.0 Å². The smallest absolute Gasteiger partial charge is 0.295 e. The molecule has 8 heteroatoms. The van der Waals surface area contributed by atoms with Gasteiger partial charge in [0.15, 0.2) is 0 Å². The van der Waals surface area contributed by atoms with Gasteiger partial charge in [-0.1, -0.05) is 0 Å². The number of hydrogen-bond donors (Lipinski definition) is 1. The van der Waals surface area contributed by atoms with Crippen LogP contribution in [-0.2, 0) is 4.74 Å². The summed E-state index contributed by atoms with van der Waals surface area (Å²) >= 11 is 0. The van der Waals surface area contributed by atoms with Crippen molar-refractivity contribution >= 4 is 5.91 Å². The van der Waals surface area contributed by atoms with E-state index in [1.165, 1.54) is 0 Å². The van der Waals surface area contributed by atoms with Gasteiger partial charge in [0.05, 0.1) is 13.2 Å². The zero-order valence-corrected chi connectivity index (χ0v) is 10.1. The minimum Gasteiger partial charge on any atom is -0.379 e. The molecule has 18 heavy (non-hydrogen) atoms. The Morgan fingerprint density at radius 3 is 2.89 bits per heavy atom. The number of tetrazole rings is 1. The minimum atomic E-state index is -0.139. The van der Waals surface area contributed by atoms with E-state index in [4.69, 9.17) is 4.74 Å². The Hall–Kier alpha value is -1.54. The lowest BCUT2D eigenvalue weighted by atomic mass is 10.2. The summed E-state index contributed by atoms with van der Waals surface area (Å²) in [6.45, 7) is 4.98. The maximum Gasteiger partial charge on any atom is 0.295 e. The number of nitrogens with zero attached hydrogens (tertiary/aromatic N) is 5. The second kappa shape index (κ2) is 4.99. The number of nitrogens with one attached hydrogen (secondary N) is 1. The van der Waals surface area contributed by atoms with Gasteiger partial charge in [-0.3, -0.25) is 9.69 Å². The normalized spacial score (nSPS) is 25.6. The van der Waals surface area contributed by atoms with Crippen molar-refractivity contribution < 1.29 is 9.53 Å². The van der Waals surface area contributed by atoms with Crippen LogP contribution in [0.2, 0.25) is 0 Å². The molecule has 0 saturated carbocycles. The van der Waals surface area contributed by atoms with Gasteiger partial charge >= 0.3 is 0 Å². The number of H-pyrrole nitrogens is 1. The molecule has 1 atom stereocenters. The zero-order valence-electron chi connectivity index (χ0n) is 10.1. The van der Waals surface area contributed by atoms with Crippen molar-refractivity contribution in [3.63, 3.8) is 0 Å². The van der Waals surface area contributed by atoms with E-state index in [0.717, 1.165) is 45.8 Å². The number of carbonyl (C=O) groups excluding carboxylic acids is 1. The molecule has 0 spiro atoms. The molecule has 3 heterocycles. The van der Waals surface area contributed by atoms with Gasteiger partial charge in [0.2, 0.25) is 0 Å². The Balaban J connectivity index is 1.59. The lowest BCUT2D eigenvalue weighted by Gasteiger charge is -2.31. The van der Waals surface area contributed by atoms with Gasteiger partial charge in [-0.25, -0.2) is 0 Å². The molecule has 0 bridgehead atoms. The molecule has 2 fully saturated rings. The van der Waals surface area contributed by atoms with Gasteiger partial charge in [0.25, 0.3) is 11.7 Å². The molecular weight excluding hydrogens is 236 g/mol. The maximum absolute atomic E-state index is 12.0. The number of amides is 1. The van der Waals surface area contributed by atoms with Crippen LogP contribution in [0.15, 0.2) is 0 Å². The number of hydrogen-bond acceptors (Lipinski definition) is 6. The van der Waals surface area contributed by atoms with Crippen molar-refractivity contribution in [3.05, 3.63) is 5.82 Å². The Labute approximate surface area is 104 Å². The summed E-state index contributed by atoms with van der Waals surface area (Å²) in [5, 5.41) is 13.2. The first-order valence-electron chi connectivity index (χ1n) is 6.19. The van der Waals surface area contributed by atoms with Crippen molar-refractivity contribution in [1.29, 1.82) is 0 Å². The highest BCUT2D eigenvalue weighted by atomic mass is 16.5. The summed E-state index contributed by atoms with van der Waals surface area (Å²) < 4.78 is 5.34. The fraction of sp³-hybridized carbons (Fsp3) is 0.800. The van der Waals surface area contributed by atoms with Crippen LogP contribution in [0, 0.1) is 0 Å². The van der Waals surface area contributed by atoms with Crippen LogP contribution in [0.25, 0.3) is 0 Å². The summed E-state index contributed by atoms with van der Waals surface area (Å²) in [6, 6.07) is 0.435. The van der Waals surface area contributed by atoms with Crippen molar-refractivity contribution in [2.75, 3.05) is 39.4 Å². The Morgan fingerprint density at radius 1 is 1.33 bits per heavy atom. The molecule has 0 aliphatic carbocycles. The average molecular weight is 252 g/mol. The fourth-order valence-electron chi connectivity index (χ4n) is 2.56. The van der Waals surface area contributed by atoms with Crippen LogP contribution in [0.4, 0.5) is 0 Å². The van der Waals surface area contributed by atoms with E-state index >= 15 is 0 Å². The van der Waals surface area contributed by atoms with Crippen molar-refractivity contribution in [2.45, 2.75) is 12.5 Å². The van der Waals surface area contributed by atoms with E-state index in [9.17, 15) is 4.79 Å². The van der Waals surface area contributed by atoms with Gasteiger partial charge in [-0.15, -0.1) is 10.2 Å². The topological polar surface area (TPSA) is 87.2 Å². The summed E-state index contributed by atoms with van der Waals surface area (Å²) in [6.07, 6.45) is 1.00. The average Bonchev–Trinajstić information content (AvgIpc) is 3.10. The highest BCUT2D eigenvalue weighted by Crippen LogP contribution is 2.17. The second-order valence-corrected chi connectivity index (χ2v) is 4.58. The van der Waals surface area contributed by atoms with Crippen LogP contribution < -0.4 is 0 Å². The zero-order chi connectivity index (χ0) is 12.4. The number of morpholine rings is 1. The van der Waals surface area contributed by atoms with Crippen molar-refractivity contribution in [1.82, 2.24) is 30.4 Å². The van der Waals surface area contributed by atoms with Gasteiger partial charge in [0.1, 0.15) is 0 Å². The highest BCUT2D eigenvalue weighted by Gasteiger charge is 2.32. The summed E-state index contributed by atoms with van der Waals surface area (Å²) in [7, 11) is 0. The first kappa shape index (κ1) is 11.5. The molecule has 0 aromatic carbocycles. The lowest BCUT2D eigenvalue weighted by Crippen LogP contribution is -2.45. The molecule has 2 aliphatic heterocycles. The fourth-order valence-corrected chi connectivity index (χ4v) is 2.56. The minimum absolute atomic E-state index is 0.139. The molecule has 1 unspecified atom stereocenters. The van der Waals surface area contributed by atoms with Crippen LogP contribution in [0.3, 0.4) is 0 Å². The summed E-state index contributed by atoms with van der Waals surface area (Å²) in [4.78, 5) is 16.2. The monoisotopic (exact) mass is 252 g/mol. The highest BCUT2D eigenvalue weighted by molar-refractivity contribution is 5.90. The van der Waals surface area contributed by atoms with E-state index in [1.54, 1.807) is 4.90 Å². The quantitative estimate of drug-likeness (QED) is 0.707. The van der Waals surface area contributed by atoms with Gasteiger partial charge in [-0.05, 0) is 11.6 Å². The molecule has 3 rings (SSSR count). The van der Waals surface area contributed by atoms with E-state index < -0.39 is 0 Å². The number of aromatic amines is 1. The van der Waals surface area contributed by atoms with E-state index in [2.05, 4.69) is 25.5 Å². The van der Waals surface area contributed by atoms with E-state index in [1.807, 2.05) is 0 Å². The predicted octanol–water partition coefficient (Wildman–Crippen LogP) is -1.25. The third-order valence-electron chi connectivity index (χ3n) is 3.55. The van der Waals surface area contributed by atoms with Gasteiger partial charge in [0, 0.05) is 32.2 Å². The van der Waals surface area contributed by atoms with E-state index in [-0.39, 0.29) is 11.7 Å². The molecule has 8 nitrogen and oxygen atoms in total. The Morgan fingerprint density at radius 2 is 2.17 bits per heavy atom. The standard InChI is InChI=1S/C10H16N6O2/c17-10(9-11-13-14-12-9)16-2-1-8(7-16)15-3-5-18-6-4-15/h8H,1-7H2,(H,11,12,13,14). The Kier molecular flexibility index (Phi) is 3.20. The maximum atomic E-state index is 12.0. The molecule has 2 aliphatic rings.